The number of aromatic nitrogens is 2. The van der Waals surface area contributed by atoms with Crippen LogP contribution in [-0.4, -0.2) is 21.8 Å². The first-order chi connectivity index (χ1) is 14.3. The monoisotopic (exact) mass is 410 g/mol. The van der Waals surface area contributed by atoms with E-state index in [9.17, 15) is 14.0 Å². The highest BCUT2D eigenvalue weighted by Gasteiger charge is 2.25. The number of amides is 2. The van der Waals surface area contributed by atoms with E-state index in [0.29, 0.717) is 11.3 Å². The van der Waals surface area contributed by atoms with Crippen LogP contribution in [0.5, 0.6) is 0 Å². The molecule has 3 rings (SSSR count). The standard InChI is InChI=1S/C22H23FN4O3/c1-13(2)20(27-19(28)10-15-6-4-5-7-17(15)23)22-26-18(12-30-22)21(29)25-16-9-8-14(3)24-11-16/h4-9,11-13,20H,10H2,1-3H3,(H,25,29)(H,27,28)/t20-/m1/s1. The number of hydrogen-bond donors (Lipinski definition) is 2. The first-order valence-corrected chi connectivity index (χ1v) is 9.55. The summed E-state index contributed by atoms with van der Waals surface area (Å²) in [6, 6.07) is 9.07. The molecular weight excluding hydrogens is 387 g/mol. The van der Waals surface area contributed by atoms with Crippen LogP contribution in [0.25, 0.3) is 0 Å². The van der Waals surface area contributed by atoms with Gasteiger partial charge < -0.3 is 15.1 Å². The lowest BCUT2D eigenvalue weighted by Crippen LogP contribution is -2.33. The van der Waals surface area contributed by atoms with Crippen LogP contribution >= 0.6 is 0 Å². The molecule has 7 nitrogen and oxygen atoms in total. The Morgan fingerprint density at radius 3 is 2.60 bits per heavy atom. The molecule has 2 amide bonds. The first kappa shape index (κ1) is 21.2. The Labute approximate surface area is 173 Å². The summed E-state index contributed by atoms with van der Waals surface area (Å²) in [6.07, 6.45) is 2.68. The number of anilines is 1. The second-order valence-corrected chi connectivity index (χ2v) is 7.27. The molecule has 0 aliphatic carbocycles. The highest BCUT2D eigenvalue weighted by Crippen LogP contribution is 2.22. The van der Waals surface area contributed by atoms with Gasteiger partial charge in [-0.05, 0) is 36.6 Å². The molecule has 2 heterocycles. The molecule has 1 atom stereocenters. The van der Waals surface area contributed by atoms with Crippen molar-refractivity contribution >= 4 is 17.5 Å². The van der Waals surface area contributed by atoms with Crippen molar-refractivity contribution in [2.45, 2.75) is 33.2 Å². The maximum absolute atomic E-state index is 13.8. The van der Waals surface area contributed by atoms with Crippen molar-refractivity contribution < 1.29 is 18.4 Å². The van der Waals surface area contributed by atoms with E-state index in [2.05, 4.69) is 20.6 Å². The number of oxazole rings is 1. The third-order valence-corrected chi connectivity index (χ3v) is 4.48. The molecule has 30 heavy (non-hydrogen) atoms. The molecule has 0 bridgehead atoms. The Hall–Kier alpha value is -3.55. The molecule has 2 N–H and O–H groups in total. The summed E-state index contributed by atoms with van der Waals surface area (Å²) in [6.45, 7) is 5.62. The van der Waals surface area contributed by atoms with Crippen LogP contribution in [0.15, 0.2) is 53.3 Å². The summed E-state index contributed by atoms with van der Waals surface area (Å²) in [5.74, 6) is -1.11. The van der Waals surface area contributed by atoms with E-state index in [0.717, 1.165) is 5.69 Å². The number of pyridine rings is 1. The molecule has 0 spiro atoms. The second kappa shape index (κ2) is 9.30. The van der Waals surface area contributed by atoms with Crippen molar-refractivity contribution in [2.75, 3.05) is 5.32 Å². The lowest BCUT2D eigenvalue weighted by molar-refractivity contribution is -0.121. The van der Waals surface area contributed by atoms with Gasteiger partial charge in [-0.25, -0.2) is 9.37 Å². The maximum atomic E-state index is 13.8. The van der Waals surface area contributed by atoms with Crippen LogP contribution in [-0.2, 0) is 11.2 Å². The van der Waals surface area contributed by atoms with Gasteiger partial charge in [0.25, 0.3) is 5.91 Å². The van der Waals surface area contributed by atoms with E-state index in [4.69, 9.17) is 4.42 Å². The Morgan fingerprint density at radius 2 is 1.93 bits per heavy atom. The van der Waals surface area contributed by atoms with Crippen LogP contribution < -0.4 is 10.6 Å². The zero-order valence-electron chi connectivity index (χ0n) is 17.0. The minimum atomic E-state index is -0.563. The predicted molar refractivity (Wildman–Crippen MR) is 109 cm³/mol. The van der Waals surface area contributed by atoms with Gasteiger partial charge >= 0.3 is 0 Å². The fourth-order valence-corrected chi connectivity index (χ4v) is 2.82. The molecular formula is C22H23FN4O3. The van der Waals surface area contributed by atoms with Crippen molar-refractivity contribution in [3.63, 3.8) is 0 Å². The molecule has 3 aromatic rings. The number of carbonyl (C=O) groups excluding carboxylic acids is 2. The number of aryl methyl sites for hydroxylation is 1. The molecule has 1 aromatic carbocycles. The van der Waals surface area contributed by atoms with Crippen molar-refractivity contribution in [2.24, 2.45) is 5.92 Å². The number of hydrogen-bond acceptors (Lipinski definition) is 5. The van der Waals surface area contributed by atoms with Gasteiger partial charge in [-0.3, -0.25) is 14.6 Å². The van der Waals surface area contributed by atoms with Crippen molar-refractivity contribution in [1.82, 2.24) is 15.3 Å². The molecule has 0 aliphatic rings. The Kier molecular flexibility index (Phi) is 6.56. The SMILES string of the molecule is Cc1ccc(NC(=O)c2coc([C@H](NC(=O)Cc3ccccc3F)C(C)C)n2)cn1. The molecule has 2 aromatic heterocycles. The maximum Gasteiger partial charge on any atom is 0.277 e. The van der Waals surface area contributed by atoms with E-state index in [1.165, 1.54) is 12.3 Å². The second-order valence-electron chi connectivity index (χ2n) is 7.27. The number of nitrogens with one attached hydrogen (secondary N) is 2. The molecule has 156 valence electrons. The molecule has 0 saturated heterocycles. The molecule has 0 fully saturated rings. The van der Waals surface area contributed by atoms with E-state index >= 15 is 0 Å². The molecule has 0 saturated carbocycles. The van der Waals surface area contributed by atoms with Gasteiger partial charge in [0, 0.05) is 5.69 Å². The fraction of sp³-hybridized carbons (Fsp3) is 0.273. The van der Waals surface area contributed by atoms with Crippen LogP contribution in [0.4, 0.5) is 10.1 Å². The highest BCUT2D eigenvalue weighted by atomic mass is 19.1. The van der Waals surface area contributed by atoms with Gasteiger partial charge in [0.05, 0.1) is 18.3 Å². The number of carbonyl (C=O) groups is 2. The number of rotatable bonds is 7. The molecule has 0 aliphatic heterocycles. The van der Waals surface area contributed by atoms with E-state index in [1.807, 2.05) is 20.8 Å². The number of halogens is 1. The van der Waals surface area contributed by atoms with Gasteiger partial charge in [-0.1, -0.05) is 32.0 Å². The minimum absolute atomic E-state index is 0.0644. The summed E-state index contributed by atoms with van der Waals surface area (Å²) in [5, 5.41) is 5.51. The van der Waals surface area contributed by atoms with Gasteiger partial charge in [0.1, 0.15) is 18.1 Å². The molecule has 0 radical (unpaired) electrons. The fourth-order valence-electron chi connectivity index (χ4n) is 2.82. The Bertz CT molecular complexity index is 1030. The van der Waals surface area contributed by atoms with Crippen LogP contribution in [0, 0.1) is 18.7 Å². The Morgan fingerprint density at radius 1 is 1.17 bits per heavy atom. The summed E-state index contributed by atoms with van der Waals surface area (Å²) >= 11 is 0. The summed E-state index contributed by atoms with van der Waals surface area (Å²) < 4.78 is 19.3. The average Bonchev–Trinajstić information content (AvgIpc) is 3.19. The normalized spacial score (nSPS) is 11.9. The Balaban J connectivity index is 1.68. The van der Waals surface area contributed by atoms with Crippen LogP contribution in [0.1, 0.15) is 47.5 Å². The van der Waals surface area contributed by atoms with Crippen molar-refractivity contribution in [3.8, 4) is 0 Å². The minimum Gasteiger partial charge on any atom is -0.446 e. The van der Waals surface area contributed by atoms with Crippen LogP contribution in [0.3, 0.4) is 0 Å². The first-order valence-electron chi connectivity index (χ1n) is 9.55. The third kappa shape index (κ3) is 5.28. The third-order valence-electron chi connectivity index (χ3n) is 4.48. The topological polar surface area (TPSA) is 97.1 Å². The zero-order chi connectivity index (χ0) is 21.7. The van der Waals surface area contributed by atoms with Gasteiger partial charge in [-0.15, -0.1) is 0 Å². The average molecular weight is 410 g/mol. The van der Waals surface area contributed by atoms with E-state index in [1.54, 1.807) is 36.5 Å². The van der Waals surface area contributed by atoms with Crippen LogP contribution in [0.2, 0.25) is 0 Å². The molecule has 0 unspecified atom stereocenters. The lowest BCUT2D eigenvalue weighted by atomic mass is 10.0. The number of nitrogens with zero attached hydrogens (tertiary/aromatic N) is 2. The van der Waals surface area contributed by atoms with Gasteiger partial charge in [0.2, 0.25) is 11.8 Å². The van der Waals surface area contributed by atoms with Gasteiger partial charge in [0.15, 0.2) is 5.69 Å². The highest BCUT2D eigenvalue weighted by molar-refractivity contribution is 6.02. The van der Waals surface area contributed by atoms with E-state index in [-0.39, 0.29) is 29.8 Å². The smallest absolute Gasteiger partial charge is 0.277 e. The van der Waals surface area contributed by atoms with Gasteiger partial charge in [-0.2, -0.15) is 0 Å². The van der Waals surface area contributed by atoms with Crippen molar-refractivity contribution in [1.29, 1.82) is 0 Å². The summed E-state index contributed by atoms with van der Waals surface area (Å²) in [7, 11) is 0. The summed E-state index contributed by atoms with van der Waals surface area (Å²) in [5.41, 5.74) is 1.76. The quantitative estimate of drug-likeness (QED) is 0.617. The summed E-state index contributed by atoms with van der Waals surface area (Å²) in [4.78, 5) is 33.2. The van der Waals surface area contributed by atoms with Crippen molar-refractivity contribution in [3.05, 3.63) is 77.5 Å². The zero-order valence-corrected chi connectivity index (χ0v) is 17.0. The van der Waals surface area contributed by atoms with E-state index < -0.39 is 17.8 Å². The molecule has 8 heteroatoms. The number of benzene rings is 1. The predicted octanol–water partition coefficient (Wildman–Crippen LogP) is 3.83. The lowest BCUT2D eigenvalue weighted by Gasteiger charge is -2.19. The largest absolute Gasteiger partial charge is 0.446 e.